The normalized spacial score (nSPS) is 20.8. The fourth-order valence-corrected chi connectivity index (χ4v) is 4.98. The van der Waals surface area contributed by atoms with Crippen molar-refractivity contribution < 1.29 is 36.8 Å². The number of halogens is 4. The number of aromatic nitrogens is 2. The lowest BCUT2D eigenvalue weighted by molar-refractivity contribution is -0.176. The first-order valence-electron chi connectivity index (χ1n) is 13.5. The van der Waals surface area contributed by atoms with Crippen LogP contribution in [-0.2, 0) is 32.4 Å². The van der Waals surface area contributed by atoms with Crippen LogP contribution in [0.3, 0.4) is 0 Å². The summed E-state index contributed by atoms with van der Waals surface area (Å²) in [6.07, 6.45) is 5.16. The van der Waals surface area contributed by atoms with Gasteiger partial charge in [0.1, 0.15) is 18.8 Å². The van der Waals surface area contributed by atoms with E-state index in [0.717, 1.165) is 23.3 Å². The van der Waals surface area contributed by atoms with Gasteiger partial charge in [0.25, 0.3) is 0 Å². The maximum Gasteiger partial charge on any atom is 0.194 e. The van der Waals surface area contributed by atoms with Crippen molar-refractivity contribution in [3.63, 3.8) is 0 Å². The van der Waals surface area contributed by atoms with Crippen LogP contribution in [0.4, 0.5) is 17.7 Å². The van der Waals surface area contributed by atoms with Crippen molar-refractivity contribution in [1.29, 1.82) is 0 Å². The summed E-state index contributed by atoms with van der Waals surface area (Å²) in [6, 6.07) is 20.8. The molecular weight excluding hydrogens is 552 g/mol. The molecule has 0 radical (unpaired) electrons. The Balaban J connectivity index is 1.43. The highest BCUT2D eigenvalue weighted by Crippen LogP contribution is 2.35. The van der Waals surface area contributed by atoms with Gasteiger partial charge in [-0.1, -0.05) is 72.8 Å². The zero-order chi connectivity index (χ0) is 29.3. The third-order valence-corrected chi connectivity index (χ3v) is 7.02. The van der Waals surface area contributed by atoms with Gasteiger partial charge < -0.3 is 14.2 Å². The Bertz CT molecular complexity index is 1430. The predicted molar refractivity (Wildman–Crippen MR) is 147 cm³/mol. The monoisotopic (exact) mass is 582 g/mol. The van der Waals surface area contributed by atoms with Crippen LogP contribution in [0.2, 0.25) is 0 Å². The number of ether oxygens (including phenoxy) is 3. The molecule has 42 heavy (non-hydrogen) atoms. The second-order valence-corrected chi connectivity index (χ2v) is 9.94. The molecule has 4 unspecified atom stereocenters. The molecule has 1 fully saturated rings. The van der Waals surface area contributed by atoms with Crippen molar-refractivity contribution in [3.05, 3.63) is 126 Å². The molecule has 0 N–H and O–H groups in total. The van der Waals surface area contributed by atoms with E-state index >= 15 is 0 Å². The van der Waals surface area contributed by atoms with Crippen molar-refractivity contribution in [3.8, 4) is 11.1 Å². The molecule has 10 heteroatoms. The van der Waals surface area contributed by atoms with Gasteiger partial charge in [0.2, 0.25) is 0 Å². The number of hydrogen-bond donors (Lipinski definition) is 0. The molecule has 0 saturated carbocycles. The van der Waals surface area contributed by atoms with E-state index in [0.29, 0.717) is 25.2 Å². The molecule has 4 aromatic rings. The molecule has 0 bridgehead atoms. The molecule has 2 heterocycles. The molecule has 1 aliphatic heterocycles. The van der Waals surface area contributed by atoms with Crippen molar-refractivity contribution in [2.75, 3.05) is 13.2 Å². The van der Waals surface area contributed by atoms with Crippen LogP contribution < -0.4 is 0 Å². The van der Waals surface area contributed by atoms with E-state index in [2.05, 4.69) is 10.0 Å². The van der Waals surface area contributed by atoms with Gasteiger partial charge in [-0.05, 0) is 33.3 Å². The smallest absolute Gasteiger partial charge is 0.194 e. The van der Waals surface area contributed by atoms with Crippen molar-refractivity contribution in [1.82, 2.24) is 9.78 Å². The second-order valence-electron chi connectivity index (χ2n) is 9.94. The first kappa shape index (κ1) is 29.7. The van der Waals surface area contributed by atoms with Crippen molar-refractivity contribution >= 4 is 0 Å². The lowest BCUT2D eigenvalue weighted by Crippen LogP contribution is -2.49. The van der Waals surface area contributed by atoms with E-state index in [1.165, 1.54) is 12.3 Å². The average Bonchev–Trinajstić information content (AvgIpc) is 3.50. The van der Waals surface area contributed by atoms with E-state index in [4.69, 9.17) is 14.2 Å². The van der Waals surface area contributed by atoms with Crippen LogP contribution in [0.15, 0.2) is 97.3 Å². The van der Waals surface area contributed by atoms with Gasteiger partial charge in [0.15, 0.2) is 17.5 Å². The van der Waals surface area contributed by atoms with Gasteiger partial charge in [0.05, 0.1) is 38.2 Å². The van der Waals surface area contributed by atoms with Crippen molar-refractivity contribution in [2.24, 2.45) is 0 Å². The first-order chi connectivity index (χ1) is 20.5. The van der Waals surface area contributed by atoms with Crippen LogP contribution in [-0.4, -0.2) is 41.3 Å². The Morgan fingerprint density at radius 3 is 2.24 bits per heavy atom. The number of benzene rings is 3. The molecular formula is C32H30F4N2O4. The molecule has 4 atom stereocenters. The predicted octanol–water partition coefficient (Wildman–Crippen LogP) is 6.93. The standard InChI is InChI=1S/C32H30F4N2O4/c33-27-14-24(15-28(34)31(27)35)25-17-37-38(18-25)29-16-26(12-7-13-41-36)42-30(21-39-19-22-8-3-1-4-9-22)32(29)40-20-23-10-5-2-6-11-23/h1-12,14-15,17-18,26,29-30,32H,13,16,19-21H2/b12-7-. The Labute approximate surface area is 241 Å². The summed E-state index contributed by atoms with van der Waals surface area (Å²) in [4.78, 5) is 3.68. The zero-order valence-corrected chi connectivity index (χ0v) is 22.6. The Hall–Kier alpha value is -3.83. The first-order valence-corrected chi connectivity index (χ1v) is 13.5. The highest BCUT2D eigenvalue weighted by atomic mass is 19.3. The minimum atomic E-state index is -1.53. The zero-order valence-electron chi connectivity index (χ0n) is 22.6. The SMILES string of the molecule is FOC/C=C\C1CC(n2cc(-c3cc(F)c(F)c(F)c3)cn2)C(OCc2ccccc2)C(COCc2ccccc2)O1. The molecule has 3 aromatic carbocycles. The third-order valence-electron chi connectivity index (χ3n) is 7.02. The minimum Gasteiger partial charge on any atom is -0.374 e. The summed E-state index contributed by atoms with van der Waals surface area (Å²) in [7, 11) is 0. The fourth-order valence-electron chi connectivity index (χ4n) is 4.98. The lowest BCUT2D eigenvalue weighted by atomic mass is 9.94. The van der Waals surface area contributed by atoms with Gasteiger partial charge in [-0.3, -0.25) is 4.68 Å². The van der Waals surface area contributed by atoms with E-state index in [1.54, 1.807) is 17.0 Å². The average molecular weight is 583 g/mol. The van der Waals surface area contributed by atoms with E-state index in [1.807, 2.05) is 60.7 Å². The molecule has 1 aromatic heterocycles. The van der Waals surface area contributed by atoms with Gasteiger partial charge in [-0.25, -0.2) is 13.2 Å². The topological polar surface area (TPSA) is 54.7 Å². The second kappa shape index (κ2) is 14.4. The largest absolute Gasteiger partial charge is 0.374 e. The fraction of sp³-hybridized carbons (Fsp3) is 0.281. The van der Waals surface area contributed by atoms with Crippen LogP contribution >= 0.6 is 0 Å². The summed E-state index contributed by atoms with van der Waals surface area (Å²) in [6.45, 7) is 0.610. The van der Waals surface area contributed by atoms with Crippen molar-refractivity contribution in [2.45, 2.75) is 44.0 Å². The maximum atomic E-state index is 14.0. The quantitative estimate of drug-likeness (QED) is 0.103. The number of hydrogen-bond acceptors (Lipinski definition) is 5. The summed E-state index contributed by atoms with van der Waals surface area (Å²) in [5, 5.41) is 4.49. The molecule has 0 spiro atoms. The summed E-state index contributed by atoms with van der Waals surface area (Å²) in [5.41, 5.74) is 2.50. The van der Waals surface area contributed by atoms with Gasteiger partial charge in [-0.15, -0.1) is 0 Å². The lowest BCUT2D eigenvalue weighted by Gasteiger charge is -2.41. The summed E-state index contributed by atoms with van der Waals surface area (Å²) < 4.78 is 74.4. The molecule has 0 aliphatic carbocycles. The number of rotatable bonds is 12. The molecule has 1 saturated heterocycles. The number of nitrogens with zero attached hydrogens (tertiary/aromatic N) is 2. The Morgan fingerprint density at radius 2 is 1.57 bits per heavy atom. The summed E-state index contributed by atoms with van der Waals surface area (Å²) in [5.74, 6) is -4.11. The highest BCUT2D eigenvalue weighted by Gasteiger charge is 2.40. The highest BCUT2D eigenvalue weighted by molar-refractivity contribution is 5.62. The molecule has 6 nitrogen and oxygen atoms in total. The van der Waals surface area contributed by atoms with Gasteiger partial charge in [-0.2, -0.15) is 10.0 Å². The van der Waals surface area contributed by atoms with Gasteiger partial charge >= 0.3 is 0 Å². The van der Waals surface area contributed by atoms with Crippen LogP contribution in [0.5, 0.6) is 0 Å². The molecule has 0 amide bonds. The van der Waals surface area contributed by atoms with Gasteiger partial charge in [0, 0.05) is 18.2 Å². The minimum absolute atomic E-state index is 0.144. The van der Waals surface area contributed by atoms with Crippen LogP contribution in [0.1, 0.15) is 23.6 Å². The summed E-state index contributed by atoms with van der Waals surface area (Å²) >= 11 is 0. The Morgan fingerprint density at radius 1 is 0.905 bits per heavy atom. The third kappa shape index (κ3) is 7.51. The van der Waals surface area contributed by atoms with E-state index in [-0.39, 0.29) is 18.8 Å². The molecule has 1 aliphatic rings. The maximum absolute atomic E-state index is 14.0. The molecule has 5 rings (SSSR count). The molecule has 220 valence electrons. The van der Waals surface area contributed by atoms with E-state index < -0.39 is 41.8 Å². The Kier molecular flexibility index (Phi) is 10.1. The van der Waals surface area contributed by atoms with Crippen LogP contribution in [0.25, 0.3) is 11.1 Å². The van der Waals surface area contributed by atoms with Crippen LogP contribution in [0, 0.1) is 17.5 Å². The van der Waals surface area contributed by atoms with E-state index in [9.17, 15) is 17.7 Å².